The first-order chi connectivity index (χ1) is 5.94. The number of methoxy groups -OCH3 is 1. The summed E-state index contributed by atoms with van der Waals surface area (Å²) >= 11 is 0. The quantitative estimate of drug-likeness (QED) is 0.614. The second kappa shape index (κ2) is 5.18. The van der Waals surface area contributed by atoms with E-state index in [9.17, 15) is 4.79 Å². The first-order valence-electron chi connectivity index (χ1n) is 4.65. The van der Waals surface area contributed by atoms with E-state index < -0.39 is 0 Å². The highest BCUT2D eigenvalue weighted by Gasteiger charge is 2.25. The Morgan fingerprint density at radius 3 is 2.38 bits per heavy atom. The number of carbonyl (C=O) groups is 1. The molecule has 0 N–H and O–H groups in total. The van der Waals surface area contributed by atoms with E-state index in [1.54, 1.807) is 20.1 Å². The molecule has 2 heteroatoms. The van der Waals surface area contributed by atoms with Crippen LogP contribution in [0.4, 0.5) is 0 Å². The number of allylic oxidation sites excluding steroid dienone is 1. The molecule has 0 aliphatic rings. The van der Waals surface area contributed by atoms with Gasteiger partial charge in [0.05, 0.1) is 6.10 Å². The topological polar surface area (TPSA) is 26.3 Å². The highest BCUT2D eigenvalue weighted by molar-refractivity contribution is 5.87. The zero-order valence-electron chi connectivity index (χ0n) is 9.26. The molecule has 0 saturated heterocycles. The summed E-state index contributed by atoms with van der Waals surface area (Å²) in [5.41, 5.74) is 0.0840. The standard InChI is InChI=1S/C11H20O2/c1-6-11(3,4)10(13-5)8-7-9(2)12/h7-8,10H,6H2,1-5H3/b8-7+. The van der Waals surface area contributed by atoms with Crippen molar-refractivity contribution in [3.8, 4) is 0 Å². The SMILES string of the molecule is CCC(C)(C)C(/C=C/C(C)=O)OC. The van der Waals surface area contributed by atoms with Crippen molar-refractivity contribution in [2.24, 2.45) is 5.41 Å². The van der Waals surface area contributed by atoms with E-state index in [0.717, 1.165) is 6.42 Å². The van der Waals surface area contributed by atoms with E-state index in [-0.39, 0.29) is 17.3 Å². The van der Waals surface area contributed by atoms with E-state index >= 15 is 0 Å². The van der Waals surface area contributed by atoms with Crippen molar-refractivity contribution in [2.75, 3.05) is 7.11 Å². The van der Waals surface area contributed by atoms with Crippen LogP contribution < -0.4 is 0 Å². The Labute approximate surface area is 81.0 Å². The second-order valence-corrected chi connectivity index (χ2v) is 3.97. The summed E-state index contributed by atoms with van der Waals surface area (Å²) in [5.74, 6) is 0.0638. The molecule has 0 bridgehead atoms. The molecule has 0 amide bonds. The lowest BCUT2D eigenvalue weighted by Gasteiger charge is -2.29. The average Bonchev–Trinajstić information content (AvgIpc) is 2.04. The molecule has 0 saturated carbocycles. The Balaban J connectivity index is 4.42. The van der Waals surface area contributed by atoms with Gasteiger partial charge in [-0.05, 0) is 24.8 Å². The van der Waals surface area contributed by atoms with Crippen LogP contribution in [0.15, 0.2) is 12.2 Å². The van der Waals surface area contributed by atoms with Gasteiger partial charge in [-0.1, -0.05) is 26.8 Å². The molecule has 0 spiro atoms. The van der Waals surface area contributed by atoms with Crippen molar-refractivity contribution in [3.63, 3.8) is 0 Å². The molecule has 2 nitrogen and oxygen atoms in total. The van der Waals surface area contributed by atoms with Crippen LogP contribution in [0.1, 0.15) is 34.1 Å². The smallest absolute Gasteiger partial charge is 0.152 e. The van der Waals surface area contributed by atoms with Gasteiger partial charge in [-0.2, -0.15) is 0 Å². The van der Waals surface area contributed by atoms with Crippen molar-refractivity contribution < 1.29 is 9.53 Å². The molecule has 0 radical (unpaired) electrons. The van der Waals surface area contributed by atoms with Crippen molar-refractivity contribution >= 4 is 5.78 Å². The van der Waals surface area contributed by atoms with Crippen LogP contribution in [-0.4, -0.2) is 19.0 Å². The first-order valence-corrected chi connectivity index (χ1v) is 4.65. The van der Waals surface area contributed by atoms with Crippen molar-refractivity contribution in [3.05, 3.63) is 12.2 Å². The van der Waals surface area contributed by atoms with Gasteiger partial charge in [0.1, 0.15) is 0 Å². The summed E-state index contributed by atoms with van der Waals surface area (Å²) in [6.07, 6.45) is 4.45. The summed E-state index contributed by atoms with van der Waals surface area (Å²) in [4.78, 5) is 10.7. The van der Waals surface area contributed by atoms with Crippen LogP contribution in [0.3, 0.4) is 0 Å². The van der Waals surface area contributed by atoms with E-state index in [0.29, 0.717) is 0 Å². The van der Waals surface area contributed by atoms with Crippen molar-refractivity contribution in [1.82, 2.24) is 0 Å². The molecular formula is C11H20O2. The second-order valence-electron chi connectivity index (χ2n) is 3.97. The molecule has 13 heavy (non-hydrogen) atoms. The first kappa shape index (κ1) is 12.4. The fourth-order valence-electron chi connectivity index (χ4n) is 1.08. The molecule has 0 aromatic rings. The van der Waals surface area contributed by atoms with Crippen LogP contribution >= 0.6 is 0 Å². The number of rotatable bonds is 5. The minimum absolute atomic E-state index is 0.0152. The zero-order valence-corrected chi connectivity index (χ0v) is 9.26. The van der Waals surface area contributed by atoms with E-state index in [1.165, 1.54) is 0 Å². The highest BCUT2D eigenvalue weighted by Crippen LogP contribution is 2.27. The predicted molar refractivity (Wildman–Crippen MR) is 54.7 cm³/mol. The predicted octanol–water partition coefficient (Wildman–Crippen LogP) is 2.58. The van der Waals surface area contributed by atoms with Gasteiger partial charge in [0, 0.05) is 7.11 Å². The van der Waals surface area contributed by atoms with E-state index in [2.05, 4.69) is 20.8 Å². The molecule has 76 valence electrons. The van der Waals surface area contributed by atoms with Gasteiger partial charge in [0.2, 0.25) is 0 Å². The third-order valence-electron chi connectivity index (χ3n) is 2.44. The molecule has 0 aromatic heterocycles. The maximum absolute atomic E-state index is 10.7. The molecule has 0 heterocycles. The summed E-state index contributed by atoms with van der Waals surface area (Å²) < 4.78 is 5.32. The molecule has 0 rings (SSSR count). The van der Waals surface area contributed by atoms with E-state index in [4.69, 9.17) is 4.74 Å². The molecule has 1 unspecified atom stereocenters. The molecule has 0 fully saturated rings. The summed E-state index contributed by atoms with van der Waals surface area (Å²) in [6, 6.07) is 0. The highest BCUT2D eigenvalue weighted by atomic mass is 16.5. The molecule has 0 aromatic carbocycles. The van der Waals surface area contributed by atoms with E-state index in [1.807, 2.05) is 6.08 Å². The number of carbonyl (C=O) groups excluding carboxylic acids is 1. The van der Waals surface area contributed by atoms with Gasteiger partial charge in [-0.3, -0.25) is 4.79 Å². The van der Waals surface area contributed by atoms with Crippen LogP contribution in [0.5, 0.6) is 0 Å². The molecule has 1 atom stereocenters. The van der Waals surface area contributed by atoms with Gasteiger partial charge < -0.3 is 4.74 Å². The van der Waals surface area contributed by atoms with Gasteiger partial charge >= 0.3 is 0 Å². The van der Waals surface area contributed by atoms with Gasteiger partial charge in [0.25, 0.3) is 0 Å². The summed E-state index contributed by atoms with van der Waals surface area (Å²) in [6.45, 7) is 7.92. The third-order valence-corrected chi connectivity index (χ3v) is 2.44. The summed E-state index contributed by atoms with van der Waals surface area (Å²) in [5, 5.41) is 0. The Morgan fingerprint density at radius 2 is 2.08 bits per heavy atom. The maximum atomic E-state index is 10.7. The van der Waals surface area contributed by atoms with Crippen molar-refractivity contribution in [2.45, 2.75) is 40.2 Å². The van der Waals surface area contributed by atoms with Crippen LogP contribution in [0.25, 0.3) is 0 Å². The van der Waals surface area contributed by atoms with Crippen LogP contribution in [-0.2, 0) is 9.53 Å². The lowest BCUT2D eigenvalue weighted by molar-refractivity contribution is -0.112. The third kappa shape index (κ3) is 4.23. The maximum Gasteiger partial charge on any atom is 0.152 e. The fraction of sp³-hybridized carbons (Fsp3) is 0.727. The lowest BCUT2D eigenvalue weighted by atomic mass is 9.83. The van der Waals surface area contributed by atoms with Gasteiger partial charge in [0.15, 0.2) is 5.78 Å². The minimum atomic E-state index is 0.0152. The van der Waals surface area contributed by atoms with Gasteiger partial charge in [-0.25, -0.2) is 0 Å². The Bertz CT molecular complexity index is 192. The number of ketones is 1. The van der Waals surface area contributed by atoms with Gasteiger partial charge in [-0.15, -0.1) is 0 Å². The normalized spacial score (nSPS) is 14.8. The summed E-state index contributed by atoms with van der Waals surface area (Å²) in [7, 11) is 1.67. The number of hydrogen-bond donors (Lipinski definition) is 0. The number of hydrogen-bond acceptors (Lipinski definition) is 2. The monoisotopic (exact) mass is 184 g/mol. The Hall–Kier alpha value is -0.630. The Kier molecular flexibility index (Phi) is 4.92. The Morgan fingerprint density at radius 1 is 1.54 bits per heavy atom. The molecule has 0 aliphatic carbocycles. The molecular weight excluding hydrogens is 164 g/mol. The average molecular weight is 184 g/mol. The minimum Gasteiger partial charge on any atom is -0.377 e. The molecule has 0 aliphatic heterocycles. The number of ether oxygens (including phenoxy) is 1. The van der Waals surface area contributed by atoms with Crippen LogP contribution in [0.2, 0.25) is 0 Å². The largest absolute Gasteiger partial charge is 0.377 e. The zero-order chi connectivity index (χ0) is 10.5. The lowest BCUT2D eigenvalue weighted by Crippen LogP contribution is -2.28. The fourth-order valence-corrected chi connectivity index (χ4v) is 1.08. The van der Waals surface area contributed by atoms with Crippen LogP contribution in [0, 0.1) is 5.41 Å². The van der Waals surface area contributed by atoms with Crippen molar-refractivity contribution in [1.29, 1.82) is 0 Å².